The average molecular weight is 202 g/mol. The van der Waals surface area contributed by atoms with E-state index >= 15 is 0 Å². The van der Waals surface area contributed by atoms with Gasteiger partial charge in [0, 0.05) is 18.1 Å². The molecule has 0 aliphatic rings. The fourth-order valence-electron chi connectivity index (χ4n) is 1.04. The van der Waals surface area contributed by atoms with Crippen molar-refractivity contribution >= 4 is 0 Å². The fraction of sp³-hybridized carbons (Fsp3) is 0.200. The summed E-state index contributed by atoms with van der Waals surface area (Å²) in [5.74, 6) is -3.43. The van der Waals surface area contributed by atoms with Crippen molar-refractivity contribution in [3.63, 3.8) is 0 Å². The van der Waals surface area contributed by atoms with E-state index in [9.17, 15) is 17.6 Å². The van der Waals surface area contributed by atoms with Gasteiger partial charge in [0.2, 0.25) is 0 Å². The summed E-state index contributed by atoms with van der Waals surface area (Å²) in [6.45, 7) is 0. The Balaban J connectivity index is 3.19. The Morgan fingerprint density at radius 1 is 1.07 bits per heavy atom. The minimum atomic E-state index is -1.41. The molecular weight excluding hydrogens is 196 g/mol. The van der Waals surface area contributed by atoms with Crippen LogP contribution < -0.4 is 0 Å². The fourth-order valence-corrected chi connectivity index (χ4v) is 1.04. The van der Waals surface area contributed by atoms with Crippen LogP contribution in [0.15, 0.2) is 6.07 Å². The molecule has 0 atom stereocenters. The molecule has 0 saturated carbocycles. The maximum atomic E-state index is 12.9. The normalized spacial score (nSPS) is 9.93. The van der Waals surface area contributed by atoms with Crippen molar-refractivity contribution in [3.05, 3.63) is 34.9 Å². The zero-order valence-electron chi connectivity index (χ0n) is 7.08. The molecule has 1 rings (SSSR count). The van der Waals surface area contributed by atoms with Gasteiger partial charge < -0.3 is 0 Å². The van der Waals surface area contributed by atoms with Gasteiger partial charge in [0.05, 0.1) is 0 Å². The predicted molar refractivity (Wildman–Crippen MR) is 43.4 cm³/mol. The first-order valence-electron chi connectivity index (χ1n) is 3.83. The topological polar surface area (TPSA) is 0 Å². The van der Waals surface area contributed by atoms with E-state index in [-0.39, 0.29) is 18.9 Å². The largest absolute Gasteiger partial charge is 0.204 e. The van der Waals surface area contributed by atoms with Crippen molar-refractivity contribution in [3.8, 4) is 12.3 Å². The van der Waals surface area contributed by atoms with Gasteiger partial charge in [-0.2, -0.15) is 0 Å². The molecular formula is C10H6F4. The Hall–Kier alpha value is -1.50. The van der Waals surface area contributed by atoms with E-state index in [2.05, 4.69) is 5.92 Å². The lowest BCUT2D eigenvalue weighted by Gasteiger charge is -2.04. The molecule has 0 amide bonds. The maximum absolute atomic E-state index is 12.9. The van der Waals surface area contributed by atoms with Crippen LogP contribution in [0.5, 0.6) is 0 Å². The van der Waals surface area contributed by atoms with Crippen LogP contribution in [0, 0.1) is 35.6 Å². The van der Waals surface area contributed by atoms with Gasteiger partial charge >= 0.3 is 0 Å². The molecule has 0 fully saturated rings. The highest BCUT2D eigenvalue weighted by Crippen LogP contribution is 2.20. The third-order valence-corrected chi connectivity index (χ3v) is 1.72. The zero-order chi connectivity index (χ0) is 10.7. The van der Waals surface area contributed by atoms with Crippen molar-refractivity contribution in [2.45, 2.75) is 12.8 Å². The highest BCUT2D eigenvalue weighted by atomic mass is 19.2. The Labute approximate surface area is 78.6 Å². The average Bonchev–Trinajstić information content (AvgIpc) is 2.15. The second kappa shape index (κ2) is 4.14. The van der Waals surface area contributed by atoms with Gasteiger partial charge in [-0.05, 0) is 6.42 Å². The van der Waals surface area contributed by atoms with Crippen LogP contribution in [0.4, 0.5) is 17.6 Å². The summed E-state index contributed by atoms with van der Waals surface area (Å²) >= 11 is 0. The molecule has 1 aromatic rings. The summed E-state index contributed by atoms with van der Waals surface area (Å²) in [4.78, 5) is 0. The summed E-state index contributed by atoms with van der Waals surface area (Å²) in [5.41, 5.74) is -0.638. The van der Waals surface area contributed by atoms with E-state index < -0.39 is 28.8 Å². The van der Waals surface area contributed by atoms with E-state index in [0.29, 0.717) is 0 Å². The molecule has 0 saturated heterocycles. The van der Waals surface area contributed by atoms with Gasteiger partial charge in [-0.25, -0.2) is 17.6 Å². The number of benzene rings is 1. The smallest absolute Gasteiger partial charge is 0.165 e. The van der Waals surface area contributed by atoms with Crippen LogP contribution in [0.2, 0.25) is 0 Å². The summed E-state index contributed by atoms with van der Waals surface area (Å²) in [5, 5.41) is 0. The van der Waals surface area contributed by atoms with Gasteiger partial charge in [0.15, 0.2) is 23.3 Å². The minimum absolute atomic E-state index is 0.0245. The van der Waals surface area contributed by atoms with Crippen molar-refractivity contribution in [1.29, 1.82) is 0 Å². The van der Waals surface area contributed by atoms with Crippen molar-refractivity contribution in [2.24, 2.45) is 0 Å². The number of hydrogen-bond acceptors (Lipinski definition) is 0. The van der Waals surface area contributed by atoms with Gasteiger partial charge in [0.25, 0.3) is 0 Å². The quantitative estimate of drug-likeness (QED) is 0.393. The predicted octanol–water partition coefficient (Wildman–Crippen LogP) is 2.81. The first-order chi connectivity index (χ1) is 6.57. The Bertz CT molecular complexity index is 364. The van der Waals surface area contributed by atoms with Crippen molar-refractivity contribution in [1.82, 2.24) is 0 Å². The molecule has 0 bridgehead atoms. The summed E-state index contributed by atoms with van der Waals surface area (Å²) in [6, 6.07) is 0.171. The molecule has 0 N–H and O–H groups in total. The summed E-state index contributed by atoms with van der Waals surface area (Å²) < 4.78 is 51.1. The number of rotatable bonds is 2. The molecule has 0 unspecified atom stereocenters. The molecule has 74 valence electrons. The van der Waals surface area contributed by atoms with E-state index in [4.69, 9.17) is 6.42 Å². The third-order valence-electron chi connectivity index (χ3n) is 1.72. The lowest BCUT2D eigenvalue weighted by Crippen LogP contribution is -2.02. The lowest BCUT2D eigenvalue weighted by molar-refractivity contribution is 0.439. The van der Waals surface area contributed by atoms with Crippen molar-refractivity contribution < 1.29 is 17.6 Å². The summed E-state index contributed by atoms with van der Waals surface area (Å²) in [7, 11) is 0. The monoisotopic (exact) mass is 202 g/mol. The number of hydrogen-bond donors (Lipinski definition) is 0. The molecule has 0 aromatic heterocycles. The Kier molecular flexibility index (Phi) is 3.13. The zero-order valence-corrected chi connectivity index (χ0v) is 7.08. The van der Waals surface area contributed by atoms with Gasteiger partial charge in [0.1, 0.15) is 0 Å². The summed E-state index contributed by atoms with van der Waals surface area (Å²) in [6.07, 6.45) is 4.68. The number of halogens is 4. The molecule has 0 radical (unpaired) electrons. The van der Waals surface area contributed by atoms with E-state index in [0.717, 1.165) is 0 Å². The lowest BCUT2D eigenvalue weighted by atomic mass is 10.1. The third kappa shape index (κ3) is 1.87. The van der Waals surface area contributed by atoms with E-state index in [1.165, 1.54) is 0 Å². The SMILES string of the molecule is C#CCCc1c(F)c(F)cc(F)c1F. The highest BCUT2D eigenvalue weighted by Gasteiger charge is 2.17. The molecule has 1 aromatic carbocycles. The van der Waals surface area contributed by atoms with Crippen LogP contribution in [0.1, 0.15) is 12.0 Å². The first kappa shape index (κ1) is 10.6. The molecule has 0 aliphatic heterocycles. The molecule has 0 spiro atoms. The standard InChI is InChI=1S/C10H6F4/c1-2-3-4-6-9(13)7(11)5-8(12)10(6)14/h1,5H,3-4H2. The number of terminal acetylenes is 1. The second-order valence-electron chi connectivity index (χ2n) is 2.65. The van der Waals surface area contributed by atoms with Crippen LogP contribution >= 0.6 is 0 Å². The van der Waals surface area contributed by atoms with E-state index in [1.807, 2.05) is 0 Å². The van der Waals surface area contributed by atoms with E-state index in [1.54, 1.807) is 0 Å². The van der Waals surface area contributed by atoms with Gasteiger partial charge in [-0.3, -0.25) is 0 Å². The van der Waals surface area contributed by atoms with Crippen LogP contribution in [-0.2, 0) is 6.42 Å². The Morgan fingerprint density at radius 3 is 2.00 bits per heavy atom. The molecule has 0 aliphatic carbocycles. The van der Waals surface area contributed by atoms with Crippen LogP contribution in [0.3, 0.4) is 0 Å². The first-order valence-corrected chi connectivity index (χ1v) is 3.83. The molecule has 0 heterocycles. The van der Waals surface area contributed by atoms with Gasteiger partial charge in [-0.1, -0.05) is 0 Å². The molecule has 4 heteroatoms. The second-order valence-corrected chi connectivity index (χ2v) is 2.65. The Morgan fingerprint density at radius 2 is 1.57 bits per heavy atom. The molecule has 0 nitrogen and oxygen atoms in total. The van der Waals surface area contributed by atoms with Crippen LogP contribution in [0.25, 0.3) is 0 Å². The highest BCUT2D eigenvalue weighted by molar-refractivity contribution is 5.23. The minimum Gasteiger partial charge on any atom is -0.204 e. The maximum Gasteiger partial charge on any atom is 0.165 e. The van der Waals surface area contributed by atoms with Gasteiger partial charge in [-0.15, -0.1) is 12.3 Å². The molecule has 14 heavy (non-hydrogen) atoms. The van der Waals surface area contributed by atoms with Crippen LogP contribution in [-0.4, -0.2) is 0 Å². The van der Waals surface area contributed by atoms with Crippen molar-refractivity contribution in [2.75, 3.05) is 0 Å².